The third kappa shape index (κ3) is 2.05. The SMILES string of the molecule is COC(CN)(OC)c1ccc2ccccc2c1. The number of hydrogen-bond acceptors (Lipinski definition) is 3. The molecule has 2 aromatic rings. The van der Waals surface area contributed by atoms with E-state index in [1.165, 1.54) is 5.39 Å². The third-order valence-electron chi connectivity index (χ3n) is 3.12. The van der Waals surface area contributed by atoms with E-state index < -0.39 is 5.79 Å². The van der Waals surface area contributed by atoms with E-state index in [0.29, 0.717) is 0 Å². The molecular formula is C14H17NO2. The van der Waals surface area contributed by atoms with E-state index in [9.17, 15) is 0 Å². The summed E-state index contributed by atoms with van der Waals surface area (Å²) < 4.78 is 10.8. The largest absolute Gasteiger partial charge is 0.348 e. The molecule has 2 aromatic carbocycles. The van der Waals surface area contributed by atoms with Gasteiger partial charge in [-0.05, 0) is 16.8 Å². The summed E-state index contributed by atoms with van der Waals surface area (Å²) in [6, 6.07) is 14.2. The Kier molecular flexibility index (Phi) is 3.43. The first-order chi connectivity index (χ1) is 8.25. The highest BCUT2D eigenvalue weighted by Gasteiger charge is 2.30. The average Bonchev–Trinajstić information content (AvgIpc) is 2.41. The Bertz CT molecular complexity index is 498. The van der Waals surface area contributed by atoms with E-state index >= 15 is 0 Å². The zero-order chi connectivity index (χ0) is 12.3. The molecule has 0 spiro atoms. The molecule has 0 heterocycles. The van der Waals surface area contributed by atoms with Crippen molar-refractivity contribution >= 4 is 10.8 Å². The van der Waals surface area contributed by atoms with Crippen LogP contribution in [-0.2, 0) is 15.3 Å². The molecule has 2 rings (SSSR count). The lowest BCUT2D eigenvalue weighted by Crippen LogP contribution is -2.38. The predicted octanol–water partition coefficient (Wildman–Crippen LogP) is 2.24. The van der Waals surface area contributed by atoms with Crippen molar-refractivity contribution < 1.29 is 9.47 Å². The molecule has 0 bridgehead atoms. The summed E-state index contributed by atoms with van der Waals surface area (Å²) in [4.78, 5) is 0. The number of methoxy groups -OCH3 is 2. The van der Waals surface area contributed by atoms with Crippen LogP contribution in [0.3, 0.4) is 0 Å². The highest BCUT2D eigenvalue weighted by Crippen LogP contribution is 2.27. The van der Waals surface area contributed by atoms with Gasteiger partial charge in [0.2, 0.25) is 5.79 Å². The summed E-state index contributed by atoms with van der Waals surface area (Å²) in [7, 11) is 3.21. The highest BCUT2D eigenvalue weighted by atomic mass is 16.7. The lowest BCUT2D eigenvalue weighted by atomic mass is 10.0. The molecule has 0 amide bonds. The number of benzene rings is 2. The maximum absolute atomic E-state index is 5.75. The molecule has 0 aromatic heterocycles. The van der Waals surface area contributed by atoms with Crippen molar-refractivity contribution in [3.63, 3.8) is 0 Å². The second-order valence-corrected chi connectivity index (χ2v) is 3.93. The Morgan fingerprint density at radius 2 is 1.65 bits per heavy atom. The van der Waals surface area contributed by atoms with Crippen LogP contribution in [0.2, 0.25) is 0 Å². The van der Waals surface area contributed by atoms with Gasteiger partial charge in [0.15, 0.2) is 0 Å². The summed E-state index contributed by atoms with van der Waals surface area (Å²) >= 11 is 0. The minimum Gasteiger partial charge on any atom is -0.348 e. The average molecular weight is 231 g/mol. The van der Waals surface area contributed by atoms with Crippen LogP contribution in [0.1, 0.15) is 5.56 Å². The van der Waals surface area contributed by atoms with E-state index in [0.717, 1.165) is 10.9 Å². The van der Waals surface area contributed by atoms with Crippen LogP contribution in [0.25, 0.3) is 10.8 Å². The van der Waals surface area contributed by atoms with Crippen LogP contribution in [0.15, 0.2) is 42.5 Å². The molecule has 0 radical (unpaired) electrons. The molecule has 0 atom stereocenters. The molecule has 0 unspecified atom stereocenters. The molecule has 0 aliphatic rings. The van der Waals surface area contributed by atoms with Gasteiger partial charge in [-0.3, -0.25) is 0 Å². The van der Waals surface area contributed by atoms with Crippen molar-refractivity contribution in [3.8, 4) is 0 Å². The van der Waals surface area contributed by atoms with Crippen molar-refractivity contribution in [2.45, 2.75) is 5.79 Å². The second-order valence-electron chi connectivity index (χ2n) is 3.93. The van der Waals surface area contributed by atoms with E-state index in [4.69, 9.17) is 15.2 Å². The highest BCUT2D eigenvalue weighted by molar-refractivity contribution is 5.83. The van der Waals surface area contributed by atoms with Crippen LogP contribution < -0.4 is 5.73 Å². The molecule has 3 heteroatoms. The summed E-state index contributed by atoms with van der Waals surface area (Å²) in [5.41, 5.74) is 6.69. The Hall–Kier alpha value is -1.42. The lowest BCUT2D eigenvalue weighted by Gasteiger charge is -2.30. The van der Waals surface area contributed by atoms with Crippen LogP contribution in [0.4, 0.5) is 0 Å². The predicted molar refractivity (Wildman–Crippen MR) is 68.7 cm³/mol. The van der Waals surface area contributed by atoms with Crippen molar-refractivity contribution in [2.75, 3.05) is 20.8 Å². The first-order valence-corrected chi connectivity index (χ1v) is 5.55. The monoisotopic (exact) mass is 231 g/mol. The van der Waals surface area contributed by atoms with Crippen molar-refractivity contribution in [1.29, 1.82) is 0 Å². The standard InChI is InChI=1S/C14H17NO2/c1-16-14(10-15,17-2)13-8-7-11-5-3-4-6-12(11)9-13/h3-9H,10,15H2,1-2H3. The normalized spacial score (nSPS) is 11.9. The topological polar surface area (TPSA) is 44.5 Å². The van der Waals surface area contributed by atoms with Gasteiger partial charge in [0.05, 0.1) is 6.54 Å². The minimum atomic E-state index is -0.857. The lowest BCUT2D eigenvalue weighted by molar-refractivity contribution is -0.207. The molecule has 0 saturated heterocycles. The van der Waals surface area contributed by atoms with Crippen LogP contribution in [0, 0.1) is 0 Å². The Morgan fingerprint density at radius 3 is 2.24 bits per heavy atom. The summed E-state index contributed by atoms with van der Waals surface area (Å²) in [5.74, 6) is -0.857. The van der Waals surface area contributed by atoms with Gasteiger partial charge in [-0.2, -0.15) is 0 Å². The quantitative estimate of drug-likeness (QED) is 0.821. The zero-order valence-corrected chi connectivity index (χ0v) is 10.1. The zero-order valence-electron chi connectivity index (χ0n) is 10.1. The second kappa shape index (κ2) is 4.84. The van der Waals surface area contributed by atoms with Gasteiger partial charge in [-0.1, -0.05) is 36.4 Å². The van der Waals surface area contributed by atoms with Crippen LogP contribution in [-0.4, -0.2) is 20.8 Å². The van der Waals surface area contributed by atoms with Crippen LogP contribution in [0.5, 0.6) is 0 Å². The summed E-state index contributed by atoms with van der Waals surface area (Å²) in [5, 5.41) is 2.34. The molecular weight excluding hydrogens is 214 g/mol. The minimum absolute atomic E-state index is 0.276. The fraction of sp³-hybridized carbons (Fsp3) is 0.286. The smallest absolute Gasteiger partial charge is 0.207 e. The van der Waals surface area contributed by atoms with Gasteiger partial charge < -0.3 is 15.2 Å². The molecule has 0 aliphatic carbocycles. The molecule has 0 aliphatic heterocycles. The van der Waals surface area contributed by atoms with Crippen molar-refractivity contribution in [3.05, 3.63) is 48.0 Å². The van der Waals surface area contributed by atoms with E-state index in [-0.39, 0.29) is 6.54 Å². The van der Waals surface area contributed by atoms with Gasteiger partial charge in [-0.25, -0.2) is 0 Å². The molecule has 0 saturated carbocycles. The Balaban J connectivity index is 2.55. The fourth-order valence-electron chi connectivity index (χ4n) is 2.03. The fourth-order valence-corrected chi connectivity index (χ4v) is 2.03. The van der Waals surface area contributed by atoms with Gasteiger partial charge in [-0.15, -0.1) is 0 Å². The summed E-state index contributed by atoms with van der Waals surface area (Å²) in [6.45, 7) is 0.276. The first-order valence-electron chi connectivity index (χ1n) is 5.55. The molecule has 17 heavy (non-hydrogen) atoms. The molecule has 90 valence electrons. The third-order valence-corrected chi connectivity index (χ3v) is 3.12. The van der Waals surface area contributed by atoms with Crippen molar-refractivity contribution in [1.82, 2.24) is 0 Å². The molecule has 0 fully saturated rings. The van der Waals surface area contributed by atoms with Crippen LogP contribution >= 0.6 is 0 Å². The first kappa shape index (κ1) is 12.0. The van der Waals surface area contributed by atoms with E-state index in [2.05, 4.69) is 18.2 Å². The number of hydrogen-bond donors (Lipinski definition) is 1. The van der Waals surface area contributed by atoms with Gasteiger partial charge >= 0.3 is 0 Å². The van der Waals surface area contributed by atoms with Gasteiger partial charge in [0, 0.05) is 19.8 Å². The van der Waals surface area contributed by atoms with Gasteiger partial charge in [0.25, 0.3) is 0 Å². The number of rotatable bonds is 4. The maximum atomic E-state index is 5.75. The number of fused-ring (bicyclic) bond motifs is 1. The Morgan fingerprint density at radius 1 is 1.00 bits per heavy atom. The van der Waals surface area contributed by atoms with Gasteiger partial charge in [0.1, 0.15) is 0 Å². The maximum Gasteiger partial charge on any atom is 0.207 e. The molecule has 3 nitrogen and oxygen atoms in total. The van der Waals surface area contributed by atoms with E-state index in [1.54, 1.807) is 14.2 Å². The Labute approximate surface area is 101 Å². The number of ether oxygens (including phenoxy) is 2. The van der Waals surface area contributed by atoms with E-state index in [1.807, 2.05) is 24.3 Å². The number of nitrogens with two attached hydrogens (primary N) is 1. The van der Waals surface area contributed by atoms with Crippen molar-refractivity contribution in [2.24, 2.45) is 5.73 Å². The summed E-state index contributed by atoms with van der Waals surface area (Å²) in [6.07, 6.45) is 0. The molecule has 2 N–H and O–H groups in total.